The number of sulfonamides is 1. The van der Waals surface area contributed by atoms with E-state index in [9.17, 15) is 8.42 Å². The predicted octanol–water partition coefficient (Wildman–Crippen LogP) is 2.38. The molecule has 3 nitrogen and oxygen atoms in total. The van der Waals surface area contributed by atoms with Crippen molar-refractivity contribution in [2.24, 2.45) is 0 Å². The van der Waals surface area contributed by atoms with Gasteiger partial charge in [0.15, 0.2) is 0 Å². The molecule has 0 aromatic heterocycles. The lowest BCUT2D eigenvalue weighted by Gasteiger charge is -2.27. The summed E-state index contributed by atoms with van der Waals surface area (Å²) in [5.41, 5.74) is 1.70. The second kappa shape index (κ2) is 4.09. The predicted molar refractivity (Wildman–Crippen MR) is 68.4 cm³/mol. The van der Waals surface area contributed by atoms with Crippen LogP contribution in [-0.2, 0) is 15.4 Å². The van der Waals surface area contributed by atoms with E-state index in [4.69, 9.17) is 0 Å². The van der Waals surface area contributed by atoms with Crippen molar-refractivity contribution in [2.75, 3.05) is 17.6 Å². The maximum absolute atomic E-state index is 11.5. The van der Waals surface area contributed by atoms with E-state index in [1.165, 1.54) is 10.6 Å². The summed E-state index contributed by atoms with van der Waals surface area (Å²) < 4.78 is 24.4. The summed E-state index contributed by atoms with van der Waals surface area (Å²) in [5, 5.41) is 0. The highest BCUT2D eigenvalue weighted by Gasteiger charge is 2.22. The van der Waals surface area contributed by atoms with Crippen molar-refractivity contribution in [1.82, 2.24) is 0 Å². The molecule has 0 unspecified atom stereocenters. The minimum Gasteiger partial charge on any atom is -0.273 e. The zero-order valence-electron chi connectivity index (χ0n) is 10.5. The third kappa shape index (κ3) is 2.76. The van der Waals surface area contributed by atoms with Gasteiger partial charge in [-0.2, -0.15) is 0 Å². The van der Waals surface area contributed by atoms with E-state index in [1.807, 2.05) is 24.3 Å². The second-order valence-electron chi connectivity index (χ2n) is 5.00. The molecule has 0 N–H and O–H groups in total. The summed E-state index contributed by atoms with van der Waals surface area (Å²) in [7, 11) is -1.62. The lowest BCUT2D eigenvalue weighted by Crippen LogP contribution is -2.28. The molecule has 1 aromatic rings. The summed E-state index contributed by atoms with van der Waals surface area (Å²) in [6.45, 7) is 6.21. The van der Waals surface area contributed by atoms with Crippen LogP contribution < -0.4 is 4.31 Å². The van der Waals surface area contributed by atoms with E-state index < -0.39 is 10.0 Å². The molecule has 0 aliphatic heterocycles. The average Bonchev–Trinajstić information content (AvgIpc) is 2.14. The van der Waals surface area contributed by atoms with E-state index >= 15 is 0 Å². The van der Waals surface area contributed by atoms with Crippen molar-refractivity contribution in [1.29, 1.82) is 0 Å². The van der Waals surface area contributed by atoms with Crippen molar-refractivity contribution >= 4 is 15.7 Å². The standard InChI is InChI=1S/C12H19NO2S/c1-12(2,3)10-8-6-7-9-11(10)13(4)16(5,14)15/h6-9H,1-5H3. The molecule has 0 fully saturated rings. The Labute approximate surface area is 98.1 Å². The smallest absolute Gasteiger partial charge is 0.232 e. The molecule has 0 saturated carbocycles. The first kappa shape index (κ1) is 13.0. The van der Waals surface area contributed by atoms with E-state index in [0.717, 1.165) is 11.3 Å². The summed E-state index contributed by atoms with van der Waals surface area (Å²) in [5.74, 6) is 0. The number of anilines is 1. The van der Waals surface area contributed by atoms with Crippen molar-refractivity contribution in [3.63, 3.8) is 0 Å². The van der Waals surface area contributed by atoms with Gasteiger partial charge in [0.2, 0.25) is 10.0 Å². The minimum atomic E-state index is -3.21. The topological polar surface area (TPSA) is 37.4 Å². The lowest BCUT2D eigenvalue weighted by atomic mass is 9.86. The molecule has 0 heterocycles. The van der Waals surface area contributed by atoms with Crippen LogP contribution in [0.25, 0.3) is 0 Å². The maximum Gasteiger partial charge on any atom is 0.232 e. The molecule has 0 aliphatic carbocycles. The first-order valence-electron chi connectivity index (χ1n) is 5.17. The van der Waals surface area contributed by atoms with Crippen LogP contribution in [0.5, 0.6) is 0 Å². The molecule has 0 atom stereocenters. The Kier molecular flexibility index (Phi) is 3.33. The Hall–Kier alpha value is -1.03. The van der Waals surface area contributed by atoms with Crippen LogP contribution in [0.1, 0.15) is 26.3 Å². The normalized spacial score (nSPS) is 12.6. The van der Waals surface area contributed by atoms with Gasteiger partial charge in [0.25, 0.3) is 0 Å². The van der Waals surface area contributed by atoms with Gasteiger partial charge < -0.3 is 0 Å². The van der Waals surface area contributed by atoms with Crippen LogP contribution in [0.2, 0.25) is 0 Å². The zero-order chi connectivity index (χ0) is 12.6. The number of hydrogen-bond donors (Lipinski definition) is 0. The molecule has 1 aromatic carbocycles. The van der Waals surface area contributed by atoms with Gasteiger partial charge in [-0.15, -0.1) is 0 Å². The fraction of sp³-hybridized carbons (Fsp3) is 0.500. The van der Waals surface area contributed by atoms with Gasteiger partial charge in [0, 0.05) is 7.05 Å². The van der Waals surface area contributed by atoms with Crippen LogP contribution in [0.4, 0.5) is 5.69 Å². The highest BCUT2D eigenvalue weighted by atomic mass is 32.2. The van der Waals surface area contributed by atoms with Crippen LogP contribution in [0, 0.1) is 0 Å². The highest BCUT2D eigenvalue weighted by molar-refractivity contribution is 7.92. The minimum absolute atomic E-state index is 0.0739. The molecule has 90 valence electrons. The van der Waals surface area contributed by atoms with E-state index in [1.54, 1.807) is 7.05 Å². The number of rotatable bonds is 2. The van der Waals surface area contributed by atoms with Gasteiger partial charge in [-0.05, 0) is 17.0 Å². The van der Waals surface area contributed by atoms with Crippen LogP contribution in [0.3, 0.4) is 0 Å². The average molecular weight is 241 g/mol. The Morgan fingerprint density at radius 2 is 1.62 bits per heavy atom. The molecule has 4 heteroatoms. The van der Waals surface area contributed by atoms with Gasteiger partial charge >= 0.3 is 0 Å². The summed E-state index contributed by atoms with van der Waals surface area (Å²) in [6.07, 6.45) is 1.21. The van der Waals surface area contributed by atoms with E-state index in [0.29, 0.717) is 0 Å². The number of para-hydroxylation sites is 1. The fourth-order valence-corrected chi connectivity index (χ4v) is 2.08. The molecule has 0 radical (unpaired) electrons. The van der Waals surface area contributed by atoms with Crippen molar-refractivity contribution < 1.29 is 8.42 Å². The van der Waals surface area contributed by atoms with Gasteiger partial charge in [0.05, 0.1) is 11.9 Å². The van der Waals surface area contributed by atoms with Gasteiger partial charge in [-0.1, -0.05) is 39.0 Å². The first-order valence-corrected chi connectivity index (χ1v) is 7.02. The lowest BCUT2D eigenvalue weighted by molar-refractivity contribution is 0.586. The molecule has 0 spiro atoms. The zero-order valence-corrected chi connectivity index (χ0v) is 11.3. The third-order valence-corrected chi connectivity index (χ3v) is 3.74. The van der Waals surface area contributed by atoms with E-state index in [-0.39, 0.29) is 5.41 Å². The first-order chi connectivity index (χ1) is 7.14. The molecular weight excluding hydrogens is 222 g/mol. The Balaban J connectivity index is 3.36. The molecule has 16 heavy (non-hydrogen) atoms. The monoisotopic (exact) mass is 241 g/mol. The molecule has 1 rings (SSSR count). The summed E-state index contributed by atoms with van der Waals surface area (Å²) in [4.78, 5) is 0. The molecule has 0 aliphatic rings. The van der Waals surface area contributed by atoms with Gasteiger partial charge in [0.1, 0.15) is 0 Å². The van der Waals surface area contributed by atoms with Crippen LogP contribution in [-0.4, -0.2) is 21.7 Å². The van der Waals surface area contributed by atoms with E-state index in [2.05, 4.69) is 20.8 Å². The summed E-state index contributed by atoms with van der Waals surface area (Å²) >= 11 is 0. The molecular formula is C12H19NO2S. The summed E-state index contributed by atoms with van der Waals surface area (Å²) in [6, 6.07) is 7.59. The molecule has 0 amide bonds. The maximum atomic E-state index is 11.5. The van der Waals surface area contributed by atoms with Crippen molar-refractivity contribution in [3.05, 3.63) is 29.8 Å². The second-order valence-corrected chi connectivity index (χ2v) is 7.01. The van der Waals surface area contributed by atoms with Crippen molar-refractivity contribution in [2.45, 2.75) is 26.2 Å². The third-order valence-electron chi connectivity index (χ3n) is 2.55. The SMILES string of the molecule is CN(c1ccccc1C(C)(C)C)S(C)(=O)=O. The Morgan fingerprint density at radius 1 is 1.12 bits per heavy atom. The quantitative estimate of drug-likeness (QED) is 0.797. The number of hydrogen-bond acceptors (Lipinski definition) is 2. The molecule has 0 bridgehead atoms. The fourth-order valence-electron chi connectivity index (χ4n) is 1.56. The largest absolute Gasteiger partial charge is 0.273 e. The Bertz CT molecular complexity index is 472. The number of nitrogens with zero attached hydrogens (tertiary/aromatic N) is 1. The van der Waals surface area contributed by atoms with Crippen LogP contribution in [0.15, 0.2) is 24.3 Å². The van der Waals surface area contributed by atoms with Gasteiger partial charge in [-0.3, -0.25) is 4.31 Å². The van der Waals surface area contributed by atoms with Crippen molar-refractivity contribution in [3.8, 4) is 0 Å². The van der Waals surface area contributed by atoms with Gasteiger partial charge in [-0.25, -0.2) is 8.42 Å². The van der Waals surface area contributed by atoms with Crippen LogP contribution >= 0.6 is 0 Å². The number of benzene rings is 1. The Morgan fingerprint density at radius 3 is 2.06 bits per heavy atom. The molecule has 0 saturated heterocycles. The highest BCUT2D eigenvalue weighted by Crippen LogP contribution is 2.31.